The molecule has 1 saturated heterocycles. The molecule has 158 valence electrons. The number of carbonyl (C=O) groups is 2. The van der Waals surface area contributed by atoms with E-state index in [0.29, 0.717) is 12.2 Å². The second-order valence-corrected chi connectivity index (χ2v) is 8.31. The summed E-state index contributed by atoms with van der Waals surface area (Å²) in [6.45, 7) is 4.29. The molecule has 0 bridgehead atoms. The highest BCUT2D eigenvalue weighted by molar-refractivity contribution is 7.99. The lowest BCUT2D eigenvalue weighted by atomic mass is 10.1. The maximum absolute atomic E-state index is 9.55. The summed E-state index contributed by atoms with van der Waals surface area (Å²) in [5.74, 6) is -2.51. The minimum Gasteiger partial charge on any atom is -0.478 e. The van der Waals surface area contributed by atoms with Gasteiger partial charge in [0.05, 0.1) is 10.7 Å². The number of carboxylic acid groups (broad SMARTS) is 2. The molecule has 2 aromatic rings. The first-order valence-corrected chi connectivity index (χ1v) is 10.5. The molecular weight excluding hydrogens is 426 g/mol. The monoisotopic (exact) mass is 447 g/mol. The Labute approximate surface area is 183 Å². The number of nitrogens with zero attached hydrogens (tertiary/aromatic N) is 3. The molecule has 4 rings (SSSR count). The van der Waals surface area contributed by atoms with Crippen molar-refractivity contribution in [2.24, 2.45) is 0 Å². The van der Waals surface area contributed by atoms with Crippen LogP contribution in [0.25, 0.3) is 11.9 Å². The first-order chi connectivity index (χ1) is 14.3. The van der Waals surface area contributed by atoms with Crippen LogP contribution in [-0.4, -0.2) is 69.7 Å². The second kappa shape index (κ2) is 9.88. The normalized spacial score (nSPS) is 16.1. The van der Waals surface area contributed by atoms with Crippen LogP contribution in [0.4, 0.5) is 0 Å². The van der Waals surface area contributed by atoms with Crippen molar-refractivity contribution in [1.82, 2.24) is 14.4 Å². The van der Waals surface area contributed by atoms with Crippen LogP contribution in [0.5, 0.6) is 0 Å². The Bertz CT molecular complexity index is 978. The van der Waals surface area contributed by atoms with Gasteiger partial charge in [-0.05, 0) is 37.4 Å². The Kier molecular flexibility index (Phi) is 7.25. The number of fused-ring (bicyclic) bond motifs is 2. The third-order valence-electron chi connectivity index (χ3n) is 4.65. The van der Waals surface area contributed by atoms with Gasteiger partial charge in [-0.15, -0.1) is 0 Å². The van der Waals surface area contributed by atoms with Crippen molar-refractivity contribution < 1.29 is 19.8 Å². The number of piperazine rings is 1. The smallest absolute Gasteiger partial charge is 0.328 e. The van der Waals surface area contributed by atoms with Gasteiger partial charge in [-0.1, -0.05) is 23.4 Å². The fourth-order valence-corrected chi connectivity index (χ4v) is 4.29. The maximum Gasteiger partial charge on any atom is 0.328 e. The van der Waals surface area contributed by atoms with Crippen LogP contribution in [0, 0.1) is 0 Å². The van der Waals surface area contributed by atoms with Crippen LogP contribution in [0.2, 0.25) is 5.02 Å². The lowest BCUT2D eigenvalue weighted by molar-refractivity contribution is -0.134. The van der Waals surface area contributed by atoms with E-state index in [2.05, 4.69) is 58.1 Å². The van der Waals surface area contributed by atoms with Crippen molar-refractivity contribution in [2.45, 2.75) is 9.92 Å². The minimum absolute atomic E-state index is 0.558. The van der Waals surface area contributed by atoms with Gasteiger partial charge in [0.2, 0.25) is 0 Å². The summed E-state index contributed by atoms with van der Waals surface area (Å²) >= 11 is 8.07. The third kappa shape index (κ3) is 5.69. The van der Waals surface area contributed by atoms with Gasteiger partial charge in [0.15, 0.2) is 0 Å². The molecule has 0 unspecified atom stereocenters. The van der Waals surface area contributed by atoms with Crippen molar-refractivity contribution in [3.63, 3.8) is 0 Å². The zero-order chi connectivity index (χ0) is 21.7. The summed E-state index contributed by atoms with van der Waals surface area (Å²) in [6.07, 6.45) is 5.48. The summed E-state index contributed by atoms with van der Waals surface area (Å²) in [4.78, 5) is 25.2. The van der Waals surface area contributed by atoms with Crippen LogP contribution in [0.3, 0.4) is 0 Å². The molecule has 1 aromatic heterocycles. The van der Waals surface area contributed by atoms with Crippen molar-refractivity contribution in [3.05, 3.63) is 59.3 Å². The highest BCUT2D eigenvalue weighted by Gasteiger charge is 2.23. The summed E-state index contributed by atoms with van der Waals surface area (Å²) < 4.78 is 2.21. The maximum atomic E-state index is 9.55. The van der Waals surface area contributed by atoms with E-state index in [-0.39, 0.29) is 0 Å². The van der Waals surface area contributed by atoms with Gasteiger partial charge in [-0.3, -0.25) is 0 Å². The molecule has 9 heteroatoms. The second-order valence-electron chi connectivity index (χ2n) is 6.81. The molecule has 0 spiro atoms. The molecule has 2 aliphatic heterocycles. The Balaban J connectivity index is 0.000000275. The van der Waals surface area contributed by atoms with E-state index in [0.717, 1.165) is 31.2 Å². The lowest BCUT2D eigenvalue weighted by Gasteiger charge is -2.35. The van der Waals surface area contributed by atoms with Crippen LogP contribution in [0.15, 0.2) is 58.6 Å². The fraction of sp³-hybridized carbons (Fsp3) is 0.238. The third-order valence-corrected chi connectivity index (χ3v) is 6.01. The molecule has 0 radical (unpaired) electrons. The number of halogens is 1. The van der Waals surface area contributed by atoms with E-state index in [1.165, 1.54) is 21.2 Å². The van der Waals surface area contributed by atoms with Gasteiger partial charge in [-0.2, -0.15) is 0 Å². The molecule has 0 atom stereocenters. The largest absolute Gasteiger partial charge is 0.478 e. The zero-order valence-corrected chi connectivity index (χ0v) is 17.9. The van der Waals surface area contributed by atoms with Crippen LogP contribution in [-0.2, 0) is 9.59 Å². The van der Waals surface area contributed by atoms with Crippen molar-refractivity contribution in [2.75, 3.05) is 33.2 Å². The minimum atomic E-state index is -1.26. The quantitative estimate of drug-likeness (QED) is 0.696. The molecule has 30 heavy (non-hydrogen) atoms. The molecule has 2 N–H and O–H groups in total. The Morgan fingerprint density at radius 1 is 1.07 bits per heavy atom. The van der Waals surface area contributed by atoms with Gasteiger partial charge >= 0.3 is 11.9 Å². The van der Waals surface area contributed by atoms with Crippen LogP contribution >= 0.6 is 23.4 Å². The molecule has 0 amide bonds. The Morgan fingerprint density at radius 3 is 2.37 bits per heavy atom. The highest BCUT2D eigenvalue weighted by Crippen LogP contribution is 2.40. The van der Waals surface area contributed by atoms with E-state index in [4.69, 9.17) is 21.8 Å². The Morgan fingerprint density at radius 2 is 1.73 bits per heavy atom. The molecule has 2 aliphatic rings. The van der Waals surface area contributed by atoms with Gasteiger partial charge in [0.1, 0.15) is 0 Å². The molecule has 0 saturated carbocycles. The average molecular weight is 448 g/mol. The highest BCUT2D eigenvalue weighted by atomic mass is 35.5. The number of carboxylic acids is 2. The number of hydrogen-bond acceptors (Lipinski definition) is 5. The molecular formula is C21H22ClN3O4S. The first-order valence-electron chi connectivity index (χ1n) is 9.27. The predicted octanol–water partition coefficient (Wildman–Crippen LogP) is 3.52. The first kappa shape index (κ1) is 22.0. The molecule has 0 aliphatic carbocycles. The lowest BCUT2D eigenvalue weighted by Crippen LogP contribution is -2.43. The van der Waals surface area contributed by atoms with E-state index < -0.39 is 11.9 Å². The number of likely N-dealkylation sites (N-methyl/N-ethyl adjacent to an activating group) is 1. The number of aromatic nitrogens is 1. The fourth-order valence-electron chi connectivity index (χ4n) is 3.12. The van der Waals surface area contributed by atoms with Gasteiger partial charge in [0, 0.05) is 66.2 Å². The number of aliphatic carboxylic acids is 2. The molecule has 1 aromatic carbocycles. The Hall–Kier alpha value is -2.68. The van der Waals surface area contributed by atoms with Crippen LogP contribution in [0.1, 0.15) is 5.56 Å². The summed E-state index contributed by atoms with van der Waals surface area (Å²) in [5.41, 5.74) is 2.51. The summed E-state index contributed by atoms with van der Waals surface area (Å²) in [7, 11) is 2.18. The molecule has 1 fully saturated rings. The average Bonchev–Trinajstić information content (AvgIpc) is 3.08. The molecule has 3 heterocycles. The summed E-state index contributed by atoms with van der Waals surface area (Å²) in [6, 6.07) is 10.5. The van der Waals surface area contributed by atoms with Gasteiger partial charge < -0.3 is 24.6 Å². The predicted molar refractivity (Wildman–Crippen MR) is 118 cm³/mol. The van der Waals surface area contributed by atoms with Crippen molar-refractivity contribution in [3.8, 4) is 0 Å². The van der Waals surface area contributed by atoms with Crippen molar-refractivity contribution in [1.29, 1.82) is 0 Å². The van der Waals surface area contributed by atoms with E-state index >= 15 is 0 Å². The zero-order valence-electron chi connectivity index (χ0n) is 16.4. The van der Waals surface area contributed by atoms with E-state index in [1.807, 2.05) is 6.07 Å². The van der Waals surface area contributed by atoms with E-state index in [1.54, 1.807) is 11.8 Å². The van der Waals surface area contributed by atoms with Gasteiger partial charge in [-0.25, -0.2) is 9.59 Å². The standard InChI is InChI=1S/C17H18ClN3S.C4H4O4/c1-19-7-9-20(10-8-19)15-12-21-6-2-3-17(21)22-16-5-4-13(18)11-14(15)16;5-3(6)1-2-4(7)8/h2-6,11-12H,7-10H2,1H3;1-2H,(H,5,6)(H,7,8)/b;2-1-. The molecule has 7 nitrogen and oxygen atoms in total. The van der Waals surface area contributed by atoms with Crippen molar-refractivity contribution >= 4 is 47.2 Å². The number of hydrogen-bond donors (Lipinski definition) is 2. The topological polar surface area (TPSA) is 86.0 Å². The number of rotatable bonds is 3. The van der Waals surface area contributed by atoms with Crippen LogP contribution < -0.4 is 0 Å². The summed E-state index contributed by atoms with van der Waals surface area (Å²) in [5, 5.41) is 17.7. The number of benzene rings is 1. The van der Waals surface area contributed by atoms with E-state index in [9.17, 15) is 9.59 Å². The van der Waals surface area contributed by atoms with Gasteiger partial charge in [0.25, 0.3) is 0 Å². The SMILES string of the molecule is CN1CCN(C2=Cn3cccc3Sc3ccc(Cl)cc32)CC1.O=C(O)/C=C\C(=O)O.